The first kappa shape index (κ1) is 16.9. The van der Waals surface area contributed by atoms with E-state index in [-0.39, 0.29) is 5.91 Å². The zero-order chi connectivity index (χ0) is 18.3. The Balaban J connectivity index is 1.81. The number of aromatic nitrogens is 1. The SMILES string of the molecule is CC1=NNC(=O)/C1=C/c1cn(Cc2ccc(Cl)cc2Cl)c2ccccc12. The highest BCUT2D eigenvalue weighted by Gasteiger charge is 2.19. The molecule has 1 aromatic heterocycles. The minimum atomic E-state index is -0.180. The Bertz CT molecular complexity index is 1100. The van der Waals surface area contributed by atoms with Gasteiger partial charge in [-0.3, -0.25) is 4.79 Å². The Kier molecular flexibility index (Phi) is 4.31. The van der Waals surface area contributed by atoms with Crippen molar-refractivity contribution in [2.45, 2.75) is 13.5 Å². The number of benzene rings is 2. The largest absolute Gasteiger partial charge is 0.342 e. The number of hydrazone groups is 1. The summed E-state index contributed by atoms with van der Waals surface area (Å²) in [4.78, 5) is 12.0. The Morgan fingerprint density at radius 1 is 1.19 bits per heavy atom. The van der Waals surface area contributed by atoms with Crippen LogP contribution in [0.2, 0.25) is 10.0 Å². The van der Waals surface area contributed by atoms with Gasteiger partial charge in [0.05, 0.1) is 11.3 Å². The third-order valence-electron chi connectivity index (χ3n) is 4.43. The van der Waals surface area contributed by atoms with E-state index in [2.05, 4.69) is 21.2 Å². The number of nitrogens with one attached hydrogen (secondary N) is 1. The van der Waals surface area contributed by atoms with Crippen molar-refractivity contribution in [3.8, 4) is 0 Å². The van der Waals surface area contributed by atoms with Gasteiger partial charge < -0.3 is 4.57 Å². The summed E-state index contributed by atoms with van der Waals surface area (Å²) in [5, 5.41) is 6.30. The summed E-state index contributed by atoms with van der Waals surface area (Å²) in [6, 6.07) is 13.6. The number of halogens is 2. The number of amides is 1. The summed E-state index contributed by atoms with van der Waals surface area (Å²) in [6.07, 6.45) is 3.91. The number of carbonyl (C=O) groups excluding carboxylic acids is 1. The van der Waals surface area contributed by atoms with Crippen LogP contribution in [0.4, 0.5) is 0 Å². The van der Waals surface area contributed by atoms with Gasteiger partial charge in [-0.25, -0.2) is 5.43 Å². The predicted octanol–water partition coefficient (Wildman–Crippen LogP) is 4.89. The summed E-state index contributed by atoms with van der Waals surface area (Å²) >= 11 is 12.3. The molecule has 2 aromatic carbocycles. The Morgan fingerprint density at radius 2 is 2.00 bits per heavy atom. The van der Waals surface area contributed by atoms with E-state index >= 15 is 0 Å². The molecule has 1 aliphatic rings. The molecule has 130 valence electrons. The number of hydrogen-bond donors (Lipinski definition) is 1. The molecule has 1 aliphatic heterocycles. The van der Waals surface area contributed by atoms with Gasteiger partial charge in [0.15, 0.2) is 0 Å². The van der Waals surface area contributed by atoms with Crippen LogP contribution in [0.3, 0.4) is 0 Å². The van der Waals surface area contributed by atoms with Crippen LogP contribution in [0.25, 0.3) is 17.0 Å². The van der Waals surface area contributed by atoms with E-state index in [1.54, 1.807) is 6.07 Å². The van der Waals surface area contributed by atoms with Gasteiger partial charge in [0, 0.05) is 39.3 Å². The van der Waals surface area contributed by atoms with Gasteiger partial charge in [0.2, 0.25) is 0 Å². The van der Waals surface area contributed by atoms with Gasteiger partial charge in [-0.2, -0.15) is 5.10 Å². The summed E-state index contributed by atoms with van der Waals surface area (Å²) in [6.45, 7) is 2.43. The van der Waals surface area contributed by atoms with E-state index in [1.165, 1.54) is 0 Å². The fourth-order valence-electron chi connectivity index (χ4n) is 3.10. The smallest absolute Gasteiger partial charge is 0.273 e. The minimum absolute atomic E-state index is 0.180. The van der Waals surface area contributed by atoms with Gasteiger partial charge in [-0.1, -0.05) is 47.5 Å². The standard InChI is InChI=1S/C20H15Cl2N3O/c1-12-17(20(26)24-23-12)8-14-11-25(19-5-3-2-4-16(14)19)10-13-6-7-15(21)9-18(13)22/h2-9,11H,10H2,1H3,(H,24,26)/b17-8+. The van der Waals surface area contributed by atoms with Crippen molar-refractivity contribution in [1.82, 2.24) is 9.99 Å². The molecule has 1 N–H and O–H groups in total. The molecule has 3 aromatic rings. The zero-order valence-electron chi connectivity index (χ0n) is 14.0. The molecule has 0 atom stereocenters. The number of fused-ring (bicyclic) bond motifs is 1. The first-order valence-corrected chi connectivity index (χ1v) is 8.87. The van der Waals surface area contributed by atoms with Gasteiger partial charge in [0.25, 0.3) is 5.91 Å². The van der Waals surface area contributed by atoms with Crippen molar-refractivity contribution < 1.29 is 4.79 Å². The van der Waals surface area contributed by atoms with Crippen LogP contribution in [0, 0.1) is 0 Å². The summed E-state index contributed by atoms with van der Waals surface area (Å²) in [5.74, 6) is -0.180. The molecule has 0 unspecified atom stereocenters. The normalized spacial score (nSPS) is 15.6. The molecule has 0 bridgehead atoms. The molecular formula is C20H15Cl2N3O. The molecule has 0 fully saturated rings. The number of hydrogen-bond acceptors (Lipinski definition) is 2. The molecular weight excluding hydrogens is 369 g/mol. The monoisotopic (exact) mass is 383 g/mol. The molecule has 6 heteroatoms. The summed E-state index contributed by atoms with van der Waals surface area (Å²) in [5.41, 5.74) is 6.77. The fourth-order valence-corrected chi connectivity index (χ4v) is 3.57. The third kappa shape index (κ3) is 3.02. The van der Waals surface area contributed by atoms with E-state index in [9.17, 15) is 4.79 Å². The summed E-state index contributed by atoms with van der Waals surface area (Å²) < 4.78 is 2.12. The lowest BCUT2D eigenvalue weighted by Crippen LogP contribution is -2.12. The average molecular weight is 384 g/mol. The van der Waals surface area contributed by atoms with Gasteiger partial charge in [0.1, 0.15) is 0 Å². The van der Waals surface area contributed by atoms with Crippen molar-refractivity contribution in [3.63, 3.8) is 0 Å². The van der Waals surface area contributed by atoms with Gasteiger partial charge >= 0.3 is 0 Å². The van der Waals surface area contributed by atoms with E-state index < -0.39 is 0 Å². The maximum atomic E-state index is 12.0. The molecule has 0 saturated heterocycles. The molecule has 2 heterocycles. The molecule has 4 rings (SSSR count). The van der Waals surface area contributed by atoms with Crippen LogP contribution < -0.4 is 5.43 Å². The minimum Gasteiger partial charge on any atom is -0.342 e. The molecule has 0 saturated carbocycles. The topological polar surface area (TPSA) is 46.4 Å². The maximum absolute atomic E-state index is 12.0. The first-order chi connectivity index (χ1) is 12.5. The first-order valence-electron chi connectivity index (χ1n) is 8.11. The highest BCUT2D eigenvalue weighted by atomic mass is 35.5. The molecule has 0 aliphatic carbocycles. The average Bonchev–Trinajstić information content (AvgIpc) is 3.13. The number of carbonyl (C=O) groups is 1. The highest BCUT2D eigenvalue weighted by molar-refractivity contribution is 6.35. The van der Waals surface area contributed by atoms with Crippen LogP contribution in [-0.4, -0.2) is 16.2 Å². The number of rotatable bonds is 3. The third-order valence-corrected chi connectivity index (χ3v) is 5.02. The fraction of sp³-hybridized carbons (Fsp3) is 0.100. The van der Waals surface area contributed by atoms with Crippen molar-refractivity contribution in [1.29, 1.82) is 0 Å². The van der Waals surface area contributed by atoms with E-state index in [1.807, 2.05) is 49.5 Å². The van der Waals surface area contributed by atoms with E-state index in [0.29, 0.717) is 27.9 Å². The van der Waals surface area contributed by atoms with Crippen LogP contribution in [0.15, 0.2) is 59.3 Å². The van der Waals surface area contributed by atoms with Crippen molar-refractivity contribution >= 4 is 51.8 Å². The van der Waals surface area contributed by atoms with Gasteiger partial charge in [-0.05, 0) is 36.8 Å². The van der Waals surface area contributed by atoms with Crippen LogP contribution >= 0.6 is 23.2 Å². The second-order valence-electron chi connectivity index (χ2n) is 6.16. The van der Waals surface area contributed by atoms with Crippen molar-refractivity contribution in [2.75, 3.05) is 0 Å². The lowest BCUT2D eigenvalue weighted by molar-refractivity contribution is -0.116. The van der Waals surface area contributed by atoms with E-state index in [4.69, 9.17) is 23.2 Å². The molecule has 0 spiro atoms. The lowest BCUT2D eigenvalue weighted by Gasteiger charge is -2.08. The quantitative estimate of drug-likeness (QED) is 0.643. The van der Waals surface area contributed by atoms with Crippen LogP contribution in [0.5, 0.6) is 0 Å². The van der Waals surface area contributed by atoms with Crippen LogP contribution in [-0.2, 0) is 11.3 Å². The number of para-hydroxylation sites is 1. The Hall–Kier alpha value is -2.56. The zero-order valence-corrected chi connectivity index (χ0v) is 15.5. The molecule has 4 nitrogen and oxygen atoms in total. The maximum Gasteiger partial charge on any atom is 0.273 e. The van der Waals surface area contributed by atoms with Crippen molar-refractivity contribution in [2.24, 2.45) is 5.10 Å². The summed E-state index contributed by atoms with van der Waals surface area (Å²) in [7, 11) is 0. The second-order valence-corrected chi connectivity index (χ2v) is 7.01. The van der Waals surface area contributed by atoms with Crippen molar-refractivity contribution in [3.05, 3.63) is 75.4 Å². The second kappa shape index (κ2) is 6.63. The molecule has 26 heavy (non-hydrogen) atoms. The number of nitrogens with zero attached hydrogens (tertiary/aromatic N) is 2. The Labute approximate surface area is 160 Å². The Morgan fingerprint density at radius 3 is 2.73 bits per heavy atom. The molecule has 1 amide bonds. The van der Waals surface area contributed by atoms with Gasteiger partial charge in [-0.15, -0.1) is 0 Å². The van der Waals surface area contributed by atoms with E-state index in [0.717, 1.165) is 22.0 Å². The predicted molar refractivity (Wildman–Crippen MR) is 107 cm³/mol. The lowest BCUT2D eigenvalue weighted by atomic mass is 10.1. The highest BCUT2D eigenvalue weighted by Crippen LogP contribution is 2.28. The molecule has 0 radical (unpaired) electrons. The van der Waals surface area contributed by atoms with Crippen LogP contribution in [0.1, 0.15) is 18.1 Å².